The maximum atomic E-state index is 11.2. The van der Waals surface area contributed by atoms with Crippen molar-refractivity contribution in [3.63, 3.8) is 0 Å². The lowest BCUT2D eigenvalue weighted by Gasteiger charge is -2.08. The van der Waals surface area contributed by atoms with Crippen molar-refractivity contribution in [2.24, 2.45) is 0 Å². The molecule has 0 aromatic carbocycles. The molecule has 0 aliphatic heterocycles. The van der Waals surface area contributed by atoms with Gasteiger partial charge in [0.2, 0.25) is 0 Å². The van der Waals surface area contributed by atoms with Crippen molar-refractivity contribution >= 4 is 6.16 Å². The van der Waals surface area contributed by atoms with Crippen molar-refractivity contribution in [1.29, 1.82) is 0 Å². The molecule has 120 valence electrons. The molecule has 0 spiro atoms. The number of carbonyl (C=O) groups is 1. The number of carbonyl (C=O) groups excluding carboxylic acids is 1. The van der Waals surface area contributed by atoms with Crippen molar-refractivity contribution in [2.75, 3.05) is 13.2 Å². The van der Waals surface area contributed by atoms with Crippen LogP contribution in [0.15, 0.2) is 0 Å². The van der Waals surface area contributed by atoms with Crippen LogP contribution in [0, 0.1) is 0 Å². The molecule has 0 amide bonds. The van der Waals surface area contributed by atoms with Crippen LogP contribution in [0.3, 0.4) is 0 Å². The molecule has 0 radical (unpaired) electrons. The number of aliphatic hydroxyl groups excluding tert-OH is 1. The summed E-state index contributed by atoms with van der Waals surface area (Å²) in [6, 6.07) is 0. The van der Waals surface area contributed by atoms with E-state index in [9.17, 15) is 9.90 Å². The van der Waals surface area contributed by atoms with Crippen LogP contribution in [0.5, 0.6) is 0 Å². The Hall–Kier alpha value is -0.770. The van der Waals surface area contributed by atoms with Gasteiger partial charge in [-0.2, -0.15) is 0 Å². The summed E-state index contributed by atoms with van der Waals surface area (Å²) < 4.78 is 9.90. The fourth-order valence-corrected chi connectivity index (χ4v) is 1.93. The summed E-state index contributed by atoms with van der Waals surface area (Å²) in [4.78, 5) is 11.2. The Morgan fingerprint density at radius 2 is 1.45 bits per heavy atom. The van der Waals surface area contributed by atoms with E-state index in [-0.39, 0.29) is 6.10 Å². The predicted molar refractivity (Wildman–Crippen MR) is 80.8 cm³/mol. The maximum Gasteiger partial charge on any atom is 0.508 e. The minimum absolute atomic E-state index is 0.290. The van der Waals surface area contributed by atoms with Crippen LogP contribution in [0.1, 0.15) is 78.1 Å². The highest BCUT2D eigenvalue weighted by Gasteiger charge is 2.05. The Morgan fingerprint density at radius 3 is 2.05 bits per heavy atom. The van der Waals surface area contributed by atoms with Crippen molar-refractivity contribution in [1.82, 2.24) is 0 Å². The number of hydrogen-bond acceptors (Lipinski definition) is 4. The largest absolute Gasteiger partial charge is 0.508 e. The van der Waals surface area contributed by atoms with Crippen molar-refractivity contribution in [3.05, 3.63) is 0 Å². The van der Waals surface area contributed by atoms with E-state index in [1.54, 1.807) is 0 Å². The van der Waals surface area contributed by atoms with Gasteiger partial charge in [0.15, 0.2) is 0 Å². The van der Waals surface area contributed by atoms with E-state index in [4.69, 9.17) is 9.47 Å². The summed E-state index contributed by atoms with van der Waals surface area (Å²) in [6.45, 7) is 4.92. The molecule has 0 fully saturated rings. The molecule has 4 nitrogen and oxygen atoms in total. The van der Waals surface area contributed by atoms with Crippen molar-refractivity contribution < 1.29 is 19.4 Å². The maximum absolute atomic E-state index is 11.2. The molecule has 0 rings (SSSR count). The zero-order valence-corrected chi connectivity index (χ0v) is 13.2. The third-order valence-electron chi connectivity index (χ3n) is 3.34. The first-order chi connectivity index (χ1) is 9.70. The third kappa shape index (κ3) is 13.7. The molecule has 0 bridgehead atoms. The molecule has 1 unspecified atom stereocenters. The standard InChI is InChI=1S/C16H32O4/c1-3-5-6-7-8-9-10-13-19-16(18)20-14-11-12-15(17)4-2/h15,17H,3-14H2,1-2H3. The quantitative estimate of drug-likeness (QED) is 0.402. The summed E-state index contributed by atoms with van der Waals surface area (Å²) in [7, 11) is 0. The van der Waals surface area contributed by atoms with Crippen LogP contribution in [0.4, 0.5) is 4.79 Å². The van der Waals surface area contributed by atoms with Crippen molar-refractivity contribution in [2.45, 2.75) is 84.2 Å². The second kappa shape index (κ2) is 14.6. The topological polar surface area (TPSA) is 55.8 Å². The molecule has 0 aromatic heterocycles. The van der Waals surface area contributed by atoms with Crippen molar-refractivity contribution in [3.8, 4) is 0 Å². The fraction of sp³-hybridized carbons (Fsp3) is 0.938. The lowest BCUT2D eigenvalue weighted by molar-refractivity contribution is 0.0492. The van der Waals surface area contributed by atoms with Gasteiger partial charge in [-0.05, 0) is 25.7 Å². The van der Waals surface area contributed by atoms with E-state index in [0.29, 0.717) is 26.1 Å². The Morgan fingerprint density at radius 1 is 0.900 bits per heavy atom. The highest BCUT2D eigenvalue weighted by molar-refractivity contribution is 5.59. The predicted octanol–water partition coefficient (Wildman–Crippen LogP) is 4.44. The van der Waals surface area contributed by atoms with Gasteiger partial charge in [-0.3, -0.25) is 0 Å². The number of rotatable bonds is 13. The van der Waals surface area contributed by atoms with Gasteiger partial charge in [-0.1, -0.05) is 52.4 Å². The summed E-state index contributed by atoms with van der Waals surface area (Å²) in [5.41, 5.74) is 0. The van der Waals surface area contributed by atoms with Gasteiger partial charge in [-0.25, -0.2) is 4.79 Å². The van der Waals surface area contributed by atoms with Gasteiger partial charge < -0.3 is 14.6 Å². The minimum atomic E-state index is -0.582. The van der Waals surface area contributed by atoms with E-state index in [2.05, 4.69) is 6.92 Å². The van der Waals surface area contributed by atoms with Gasteiger partial charge in [0.1, 0.15) is 0 Å². The van der Waals surface area contributed by atoms with Gasteiger partial charge in [0.05, 0.1) is 19.3 Å². The lowest BCUT2D eigenvalue weighted by atomic mass is 10.1. The molecule has 0 saturated carbocycles. The smallest absolute Gasteiger partial charge is 0.434 e. The van der Waals surface area contributed by atoms with E-state index >= 15 is 0 Å². The summed E-state index contributed by atoms with van der Waals surface area (Å²) in [5.74, 6) is 0. The van der Waals surface area contributed by atoms with Gasteiger partial charge in [0.25, 0.3) is 0 Å². The molecule has 20 heavy (non-hydrogen) atoms. The second-order valence-electron chi connectivity index (χ2n) is 5.27. The lowest BCUT2D eigenvalue weighted by Crippen LogP contribution is -2.11. The normalized spacial score (nSPS) is 12.2. The number of ether oxygens (including phenoxy) is 2. The first-order valence-corrected chi connectivity index (χ1v) is 8.18. The zero-order valence-electron chi connectivity index (χ0n) is 13.2. The van der Waals surface area contributed by atoms with E-state index < -0.39 is 6.16 Å². The average Bonchev–Trinajstić information content (AvgIpc) is 2.46. The Bertz CT molecular complexity index is 219. The number of unbranched alkanes of at least 4 members (excludes halogenated alkanes) is 6. The molecular weight excluding hydrogens is 256 g/mol. The number of aliphatic hydroxyl groups is 1. The molecule has 0 aliphatic carbocycles. The summed E-state index contributed by atoms with van der Waals surface area (Å²) >= 11 is 0. The molecule has 0 aromatic rings. The molecule has 4 heteroatoms. The zero-order chi connectivity index (χ0) is 15.1. The number of hydrogen-bond donors (Lipinski definition) is 1. The van der Waals surface area contributed by atoms with Crippen LogP contribution in [-0.4, -0.2) is 30.6 Å². The van der Waals surface area contributed by atoms with Gasteiger partial charge in [-0.15, -0.1) is 0 Å². The Balaban J connectivity index is 3.20. The van der Waals surface area contributed by atoms with Crippen LogP contribution in [0.25, 0.3) is 0 Å². The Labute approximate surface area is 123 Å². The molecule has 1 atom stereocenters. The third-order valence-corrected chi connectivity index (χ3v) is 3.34. The van der Waals surface area contributed by atoms with Crippen LogP contribution in [-0.2, 0) is 9.47 Å². The highest BCUT2D eigenvalue weighted by atomic mass is 16.7. The fourth-order valence-electron chi connectivity index (χ4n) is 1.93. The van der Waals surface area contributed by atoms with Crippen LogP contribution < -0.4 is 0 Å². The highest BCUT2D eigenvalue weighted by Crippen LogP contribution is 2.07. The van der Waals surface area contributed by atoms with Crippen LogP contribution in [0.2, 0.25) is 0 Å². The first kappa shape index (κ1) is 19.2. The summed E-state index contributed by atoms with van der Waals surface area (Å²) in [5, 5.41) is 9.33. The monoisotopic (exact) mass is 288 g/mol. The van der Waals surface area contributed by atoms with Gasteiger partial charge in [0, 0.05) is 0 Å². The second-order valence-corrected chi connectivity index (χ2v) is 5.27. The van der Waals surface area contributed by atoms with E-state index in [1.807, 2.05) is 6.92 Å². The molecule has 0 heterocycles. The molecule has 0 aliphatic rings. The molecule has 0 saturated heterocycles. The van der Waals surface area contributed by atoms with E-state index in [0.717, 1.165) is 19.3 Å². The SMILES string of the molecule is CCCCCCCCCOC(=O)OCCCC(O)CC. The minimum Gasteiger partial charge on any atom is -0.434 e. The average molecular weight is 288 g/mol. The summed E-state index contributed by atoms with van der Waals surface area (Å²) in [6.07, 6.45) is 9.62. The van der Waals surface area contributed by atoms with Crippen LogP contribution >= 0.6 is 0 Å². The van der Waals surface area contributed by atoms with E-state index in [1.165, 1.54) is 32.1 Å². The Kier molecular flexibility index (Phi) is 14.1. The first-order valence-electron chi connectivity index (χ1n) is 8.18. The molecular formula is C16H32O4. The van der Waals surface area contributed by atoms with Gasteiger partial charge >= 0.3 is 6.16 Å². The molecule has 1 N–H and O–H groups in total.